The molecular weight excluding hydrogens is 296 g/mol. The van der Waals surface area contributed by atoms with Gasteiger partial charge in [0.2, 0.25) is 0 Å². The van der Waals surface area contributed by atoms with Gasteiger partial charge in [0.1, 0.15) is 0 Å². The zero-order chi connectivity index (χ0) is 14.1. The summed E-state index contributed by atoms with van der Waals surface area (Å²) in [5.74, 6) is 0. The second-order valence-corrected chi connectivity index (χ2v) is 8.52. The largest absolute Gasteiger partial charge is 0.309 e. The van der Waals surface area contributed by atoms with Gasteiger partial charge in [-0.1, -0.05) is 6.07 Å². The molecule has 2 aliphatic rings. The number of nitrogens with one attached hydrogen (secondary N) is 1. The lowest BCUT2D eigenvalue weighted by molar-refractivity contribution is 0.250. The lowest BCUT2D eigenvalue weighted by Gasteiger charge is -2.20. The van der Waals surface area contributed by atoms with E-state index in [0.717, 1.165) is 31.7 Å². The van der Waals surface area contributed by atoms with Gasteiger partial charge in [0, 0.05) is 46.3 Å². The normalized spacial score (nSPS) is 18.5. The van der Waals surface area contributed by atoms with E-state index >= 15 is 0 Å². The van der Waals surface area contributed by atoms with E-state index in [1.165, 1.54) is 40.3 Å². The lowest BCUT2D eigenvalue weighted by Crippen LogP contribution is -2.24. The Kier molecular flexibility index (Phi) is 4.12. The summed E-state index contributed by atoms with van der Waals surface area (Å²) in [5.41, 5.74) is 0. The third-order valence-corrected chi connectivity index (χ3v) is 6.15. The van der Waals surface area contributed by atoms with E-state index in [4.69, 9.17) is 0 Å². The van der Waals surface area contributed by atoms with E-state index in [-0.39, 0.29) is 0 Å². The number of hydrogen-bond donors (Lipinski definition) is 1. The molecule has 2 saturated carbocycles. The van der Waals surface area contributed by atoms with Gasteiger partial charge in [0.15, 0.2) is 0 Å². The minimum atomic E-state index is 0.803. The lowest BCUT2D eigenvalue weighted by atomic mass is 10.3. The Bertz CT molecular complexity index is 567. The van der Waals surface area contributed by atoms with Crippen LogP contribution in [0.5, 0.6) is 0 Å². The Balaban J connectivity index is 1.35. The molecular formula is C17H22N2S2. The molecule has 112 valence electrons. The van der Waals surface area contributed by atoms with Crippen LogP contribution < -0.4 is 5.32 Å². The van der Waals surface area contributed by atoms with Crippen LogP contribution in [0, 0.1) is 0 Å². The summed E-state index contributed by atoms with van der Waals surface area (Å²) in [5, 5.41) is 5.80. The monoisotopic (exact) mass is 318 g/mol. The second-order valence-electron chi connectivity index (χ2n) is 6.24. The molecule has 21 heavy (non-hydrogen) atoms. The number of hydrogen-bond acceptors (Lipinski definition) is 4. The first-order chi connectivity index (χ1) is 10.4. The first kappa shape index (κ1) is 13.9. The minimum absolute atomic E-state index is 0.803. The molecule has 2 heterocycles. The van der Waals surface area contributed by atoms with Crippen LogP contribution in [0.1, 0.15) is 40.3 Å². The second kappa shape index (κ2) is 6.21. The maximum atomic E-state index is 3.61. The molecule has 4 heteroatoms. The molecule has 0 radical (unpaired) electrons. The molecule has 0 bridgehead atoms. The molecule has 0 amide bonds. The Labute approximate surface area is 134 Å². The van der Waals surface area contributed by atoms with Crippen LogP contribution in [0.25, 0.3) is 0 Å². The van der Waals surface area contributed by atoms with Crippen molar-refractivity contribution in [3.63, 3.8) is 0 Å². The van der Waals surface area contributed by atoms with Crippen molar-refractivity contribution < 1.29 is 0 Å². The highest BCUT2D eigenvalue weighted by Crippen LogP contribution is 2.32. The van der Waals surface area contributed by atoms with Gasteiger partial charge in [-0.15, -0.1) is 22.7 Å². The van der Waals surface area contributed by atoms with Crippen LogP contribution in [0.3, 0.4) is 0 Å². The number of rotatable bonds is 8. The van der Waals surface area contributed by atoms with Crippen LogP contribution >= 0.6 is 22.7 Å². The van der Waals surface area contributed by atoms with Gasteiger partial charge in [-0.25, -0.2) is 0 Å². The standard InChI is InChI=1S/C17H22N2S2/c1-2-16(20-9-1)11-19(14-5-6-14)12-17-8-7-15(21-17)10-18-13-3-4-13/h1-2,7-9,13-14,18H,3-6,10-12H2. The molecule has 0 atom stereocenters. The van der Waals surface area contributed by atoms with Crippen LogP contribution in [-0.2, 0) is 19.6 Å². The topological polar surface area (TPSA) is 15.3 Å². The van der Waals surface area contributed by atoms with Gasteiger partial charge in [-0.05, 0) is 49.3 Å². The summed E-state index contributed by atoms with van der Waals surface area (Å²) in [7, 11) is 0. The highest BCUT2D eigenvalue weighted by atomic mass is 32.1. The maximum absolute atomic E-state index is 3.61. The fraction of sp³-hybridized carbons (Fsp3) is 0.529. The minimum Gasteiger partial charge on any atom is -0.309 e. The summed E-state index contributed by atoms with van der Waals surface area (Å²) >= 11 is 3.87. The van der Waals surface area contributed by atoms with Crippen molar-refractivity contribution in [2.75, 3.05) is 0 Å². The molecule has 0 saturated heterocycles. The van der Waals surface area contributed by atoms with E-state index in [9.17, 15) is 0 Å². The molecule has 2 fully saturated rings. The molecule has 2 aliphatic carbocycles. The average molecular weight is 319 g/mol. The molecule has 1 N–H and O–H groups in total. The van der Waals surface area contributed by atoms with E-state index in [1.807, 2.05) is 22.7 Å². The third-order valence-electron chi connectivity index (χ3n) is 4.22. The van der Waals surface area contributed by atoms with Crippen LogP contribution in [0.2, 0.25) is 0 Å². The molecule has 2 nitrogen and oxygen atoms in total. The van der Waals surface area contributed by atoms with Gasteiger partial charge < -0.3 is 5.32 Å². The number of thiophene rings is 2. The van der Waals surface area contributed by atoms with Gasteiger partial charge >= 0.3 is 0 Å². The Hall–Kier alpha value is -0.680. The molecule has 4 rings (SSSR count). The van der Waals surface area contributed by atoms with E-state index < -0.39 is 0 Å². The van der Waals surface area contributed by atoms with Crippen LogP contribution in [0.4, 0.5) is 0 Å². The van der Waals surface area contributed by atoms with Crippen LogP contribution in [-0.4, -0.2) is 17.0 Å². The van der Waals surface area contributed by atoms with Crippen molar-refractivity contribution in [3.8, 4) is 0 Å². The molecule has 0 aliphatic heterocycles. The summed E-state index contributed by atoms with van der Waals surface area (Å²) in [6.45, 7) is 3.30. The molecule has 2 aromatic rings. The van der Waals surface area contributed by atoms with Crippen molar-refractivity contribution in [2.45, 2.75) is 57.4 Å². The van der Waals surface area contributed by atoms with Crippen molar-refractivity contribution in [1.82, 2.24) is 10.2 Å². The zero-order valence-corrected chi connectivity index (χ0v) is 13.9. The fourth-order valence-electron chi connectivity index (χ4n) is 2.69. The first-order valence-corrected chi connectivity index (χ1v) is 9.64. The maximum Gasteiger partial charge on any atom is 0.0334 e. The van der Waals surface area contributed by atoms with Crippen molar-refractivity contribution >= 4 is 22.7 Å². The van der Waals surface area contributed by atoms with Crippen molar-refractivity contribution in [1.29, 1.82) is 0 Å². The Morgan fingerprint density at radius 3 is 2.52 bits per heavy atom. The predicted molar refractivity (Wildman–Crippen MR) is 90.8 cm³/mol. The van der Waals surface area contributed by atoms with E-state index in [0.29, 0.717) is 0 Å². The molecule has 0 spiro atoms. The number of nitrogens with zero attached hydrogens (tertiary/aromatic N) is 1. The fourth-order valence-corrected chi connectivity index (χ4v) is 4.42. The quantitative estimate of drug-likeness (QED) is 0.784. The van der Waals surface area contributed by atoms with Gasteiger partial charge in [0.25, 0.3) is 0 Å². The summed E-state index contributed by atoms with van der Waals surface area (Å²) < 4.78 is 0. The summed E-state index contributed by atoms with van der Waals surface area (Å²) in [6.07, 6.45) is 5.50. The third kappa shape index (κ3) is 3.95. The van der Waals surface area contributed by atoms with Crippen molar-refractivity contribution in [3.05, 3.63) is 44.3 Å². The Morgan fingerprint density at radius 2 is 1.81 bits per heavy atom. The van der Waals surface area contributed by atoms with Gasteiger partial charge in [-0.2, -0.15) is 0 Å². The molecule has 2 aromatic heterocycles. The highest BCUT2D eigenvalue weighted by Gasteiger charge is 2.29. The smallest absolute Gasteiger partial charge is 0.0334 e. The van der Waals surface area contributed by atoms with Crippen LogP contribution in [0.15, 0.2) is 29.6 Å². The molecule has 0 aromatic carbocycles. The zero-order valence-electron chi connectivity index (χ0n) is 12.3. The SMILES string of the molecule is c1csc(CN(Cc2ccc(CNC3CC3)s2)C2CC2)c1. The first-order valence-electron chi connectivity index (χ1n) is 7.94. The van der Waals surface area contributed by atoms with E-state index in [2.05, 4.69) is 39.9 Å². The predicted octanol–water partition coefficient (Wildman–Crippen LogP) is 4.23. The summed E-state index contributed by atoms with van der Waals surface area (Å²) in [4.78, 5) is 7.17. The average Bonchev–Trinajstić information content (AvgIpc) is 3.41. The van der Waals surface area contributed by atoms with Gasteiger partial charge in [-0.3, -0.25) is 4.90 Å². The Morgan fingerprint density at radius 1 is 1.00 bits per heavy atom. The summed E-state index contributed by atoms with van der Waals surface area (Å²) in [6, 6.07) is 10.7. The highest BCUT2D eigenvalue weighted by molar-refractivity contribution is 7.12. The van der Waals surface area contributed by atoms with E-state index in [1.54, 1.807) is 0 Å². The van der Waals surface area contributed by atoms with Crippen molar-refractivity contribution in [2.24, 2.45) is 0 Å². The molecule has 0 unspecified atom stereocenters. The van der Waals surface area contributed by atoms with Gasteiger partial charge in [0.05, 0.1) is 0 Å².